The number of hydrogen-bond donors (Lipinski definition) is 1. The van der Waals surface area contributed by atoms with Crippen LogP contribution in [0.1, 0.15) is 34.8 Å². The molecule has 1 aliphatic rings. The average molecular weight is 424 g/mol. The first-order chi connectivity index (χ1) is 14.8. The van der Waals surface area contributed by atoms with E-state index in [2.05, 4.69) is 5.32 Å². The molecule has 1 aliphatic heterocycles. The molecule has 0 saturated carbocycles. The summed E-state index contributed by atoms with van der Waals surface area (Å²) in [4.78, 5) is 40.4. The summed E-state index contributed by atoms with van der Waals surface area (Å²) in [5, 5.41) is 2.70. The molecular formula is C24H29N3O4. The number of carbonyl (C=O) groups excluding carboxylic acids is 3. The Morgan fingerprint density at radius 3 is 2.45 bits per heavy atom. The summed E-state index contributed by atoms with van der Waals surface area (Å²) in [6.45, 7) is 7.48. The van der Waals surface area contributed by atoms with Crippen LogP contribution in [0.3, 0.4) is 0 Å². The van der Waals surface area contributed by atoms with Gasteiger partial charge in [0.25, 0.3) is 11.8 Å². The highest BCUT2D eigenvalue weighted by atomic mass is 16.5. The zero-order valence-corrected chi connectivity index (χ0v) is 18.3. The molecule has 0 aromatic heterocycles. The zero-order chi connectivity index (χ0) is 22.4. The second-order valence-corrected chi connectivity index (χ2v) is 7.78. The molecule has 2 aromatic rings. The Labute approximate surface area is 183 Å². The Morgan fingerprint density at radius 1 is 0.968 bits per heavy atom. The Bertz CT molecular complexity index is 973. The summed E-state index contributed by atoms with van der Waals surface area (Å²) in [5.74, 6) is 0.353. The molecule has 2 aromatic carbocycles. The summed E-state index contributed by atoms with van der Waals surface area (Å²) < 4.78 is 5.76. The van der Waals surface area contributed by atoms with Crippen molar-refractivity contribution >= 4 is 23.4 Å². The molecule has 1 saturated heterocycles. The van der Waals surface area contributed by atoms with Gasteiger partial charge in [-0.15, -0.1) is 0 Å². The number of anilines is 1. The molecular weight excluding hydrogens is 394 g/mol. The molecule has 0 radical (unpaired) electrons. The molecule has 1 heterocycles. The minimum absolute atomic E-state index is 0.0169. The first-order valence-electron chi connectivity index (χ1n) is 10.5. The van der Waals surface area contributed by atoms with Gasteiger partial charge >= 0.3 is 0 Å². The highest BCUT2D eigenvalue weighted by molar-refractivity contribution is 5.96. The van der Waals surface area contributed by atoms with Gasteiger partial charge in [0, 0.05) is 44.4 Å². The predicted octanol–water partition coefficient (Wildman–Crippen LogP) is 3.02. The summed E-state index contributed by atoms with van der Waals surface area (Å²) in [5.41, 5.74) is 3.26. The highest BCUT2D eigenvalue weighted by Crippen LogP contribution is 2.20. The minimum Gasteiger partial charge on any atom is -0.483 e. The molecule has 1 N–H and O–H groups in total. The van der Waals surface area contributed by atoms with Crippen molar-refractivity contribution in [1.82, 2.24) is 9.80 Å². The maximum atomic E-state index is 12.9. The number of nitrogens with one attached hydrogen (secondary N) is 1. The van der Waals surface area contributed by atoms with Crippen LogP contribution < -0.4 is 10.1 Å². The van der Waals surface area contributed by atoms with E-state index in [-0.39, 0.29) is 24.3 Å². The van der Waals surface area contributed by atoms with E-state index in [1.165, 1.54) is 6.92 Å². The van der Waals surface area contributed by atoms with Crippen LogP contribution in [-0.4, -0.2) is 60.3 Å². The molecule has 0 spiro atoms. The van der Waals surface area contributed by atoms with Crippen LogP contribution in [-0.2, 0) is 9.59 Å². The molecule has 164 valence electrons. The number of nitrogens with zero attached hydrogens (tertiary/aromatic N) is 2. The minimum atomic E-state index is -0.184. The van der Waals surface area contributed by atoms with E-state index in [1.54, 1.807) is 34.1 Å². The maximum Gasteiger partial charge on any atom is 0.260 e. The third-order valence-corrected chi connectivity index (χ3v) is 5.47. The van der Waals surface area contributed by atoms with Gasteiger partial charge in [-0.25, -0.2) is 0 Å². The number of benzene rings is 2. The van der Waals surface area contributed by atoms with Crippen molar-refractivity contribution in [1.29, 1.82) is 0 Å². The number of carbonyl (C=O) groups is 3. The first kappa shape index (κ1) is 22.3. The molecule has 0 unspecified atom stereocenters. The molecule has 31 heavy (non-hydrogen) atoms. The third-order valence-electron chi connectivity index (χ3n) is 5.47. The van der Waals surface area contributed by atoms with E-state index in [0.29, 0.717) is 43.9 Å². The lowest BCUT2D eigenvalue weighted by atomic mass is 10.1. The SMILES string of the molecule is CC(=O)Nc1cccc(C(=O)N2CCCN(C(=O)COc3cccc(C)c3C)CC2)c1. The maximum absolute atomic E-state index is 12.9. The second-order valence-electron chi connectivity index (χ2n) is 7.78. The fourth-order valence-electron chi connectivity index (χ4n) is 3.60. The van der Waals surface area contributed by atoms with Crippen molar-refractivity contribution in [2.45, 2.75) is 27.2 Å². The number of hydrogen-bond acceptors (Lipinski definition) is 4. The summed E-state index contributed by atoms with van der Waals surface area (Å²) >= 11 is 0. The lowest BCUT2D eigenvalue weighted by molar-refractivity contribution is -0.133. The van der Waals surface area contributed by atoms with E-state index in [1.807, 2.05) is 32.0 Å². The van der Waals surface area contributed by atoms with Crippen molar-refractivity contribution in [3.8, 4) is 5.75 Å². The van der Waals surface area contributed by atoms with Gasteiger partial charge in [-0.05, 0) is 55.7 Å². The third kappa shape index (κ3) is 5.84. The Hall–Kier alpha value is -3.35. The summed E-state index contributed by atoms with van der Waals surface area (Å²) in [6.07, 6.45) is 0.701. The topological polar surface area (TPSA) is 79.0 Å². The lowest BCUT2D eigenvalue weighted by Gasteiger charge is -2.22. The van der Waals surface area contributed by atoms with Gasteiger partial charge < -0.3 is 19.9 Å². The van der Waals surface area contributed by atoms with Gasteiger partial charge in [0.05, 0.1) is 0 Å². The van der Waals surface area contributed by atoms with Crippen LogP contribution in [0.15, 0.2) is 42.5 Å². The second kappa shape index (κ2) is 10.1. The van der Waals surface area contributed by atoms with Crippen molar-refractivity contribution in [2.24, 2.45) is 0 Å². The van der Waals surface area contributed by atoms with Crippen molar-refractivity contribution in [3.63, 3.8) is 0 Å². The van der Waals surface area contributed by atoms with E-state index < -0.39 is 0 Å². The van der Waals surface area contributed by atoms with Crippen molar-refractivity contribution < 1.29 is 19.1 Å². The van der Waals surface area contributed by atoms with Crippen LogP contribution in [0, 0.1) is 13.8 Å². The number of aryl methyl sites for hydroxylation is 1. The molecule has 0 aliphatic carbocycles. The molecule has 0 bridgehead atoms. The number of ether oxygens (including phenoxy) is 1. The first-order valence-corrected chi connectivity index (χ1v) is 10.5. The van der Waals surface area contributed by atoms with Crippen molar-refractivity contribution in [2.75, 3.05) is 38.1 Å². The van der Waals surface area contributed by atoms with Crippen LogP contribution in [0.4, 0.5) is 5.69 Å². The Balaban J connectivity index is 1.57. The van der Waals surface area contributed by atoms with Gasteiger partial charge in [-0.3, -0.25) is 14.4 Å². The largest absolute Gasteiger partial charge is 0.483 e. The van der Waals surface area contributed by atoms with E-state index >= 15 is 0 Å². The molecule has 1 fully saturated rings. The van der Waals surface area contributed by atoms with E-state index in [0.717, 1.165) is 16.9 Å². The molecule has 7 nitrogen and oxygen atoms in total. The standard InChI is InChI=1S/C24H29N3O4/c1-17-7-4-10-22(18(17)2)31-16-23(29)26-11-6-12-27(14-13-26)24(30)20-8-5-9-21(15-20)25-19(3)28/h4-5,7-10,15H,6,11-14,16H2,1-3H3,(H,25,28). The lowest BCUT2D eigenvalue weighted by Crippen LogP contribution is -2.39. The van der Waals surface area contributed by atoms with Gasteiger partial charge in [0.15, 0.2) is 6.61 Å². The van der Waals surface area contributed by atoms with Crippen LogP contribution in [0.5, 0.6) is 5.75 Å². The van der Waals surface area contributed by atoms with Gasteiger partial charge in [0.2, 0.25) is 5.91 Å². The fourth-order valence-corrected chi connectivity index (χ4v) is 3.60. The van der Waals surface area contributed by atoms with E-state index in [9.17, 15) is 14.4 Å². The van der Waals surface area contributed by atoms with Crippen LogP contribution in [0.2, 0.25) is 0 Å². The average Bonchev–Trinajstić information content (AvgIpc) is 3.00. The quantitative estimate of drug-likeness (QED) is 0.802. The molecule has 3 rings (SSSR count). The molecule has 0 atom stereocenters. The van der Waals surface area contributed by atoms with Gasteiger partial charge in [-0.2, -0.15) is 0 Å². The summed E-state index contributed by atoms with van der Waals surface area (Å²) in [7, 11) is 0. The summed E-state index contributed by atoms with van der Waals surface area (Å²) in [6, 6.07) is 12.7. The predicted molar refractivity (Wildman–Crippen MR) is 119 cm³/mol. The van der Waals surface area contributed by atoms with Crippen LogP contribution >= 0.6 is 0 Å². The molecule has 7 heteroatoms. The van der Waals surface area contributed by atoms with Crippen LogP contribution in [0.25, 0.3) is 0 Å². The Kier molecular flexibility index (Phi) is 7.28. The fraction of sp³-hybridized carbons (Fsp3) is 0.375. The number of amides is 3. The Morgan fingerprint density at radius 2 is 1.68 bits per heavy atom. The van der Waals surface area contributed by atoms with Gasteiger partial charge in [-0.1, -0.05) is 18.2 Å². The normalized spacial score (nSPS) is 14.0. The van der Waals surface area contributed by atoms with E-state index in [4.69, 9.17) is 4.74 Å². The smallest absolute Gasteiger partial charge is 0.260 e. The number of rotatable bonds is 5. The molecule has 3 amide bonds. The highest BCUT2D eigenvalue weighted by Gasteiger charge is 2.23. The van der Waals surface area contributed by atoms with Crippen molar-refractivity contribution in [3.05, 3.63) is 59.2 Å². The monoisotopic (exact) mass is 423 g/mol. The van der Waals surface area contributed by atoms with Gasteiger partial charge in [0.1, 0.15) is 5.75 Å². The zero-order valence-electron chi connectivity index (χ0n) is 18.3.